The molecule has 3 amide bonds. The second-order valence-corrected chi connectivity index (χ2v) is 9.05. The molecule has 0 aliphatic rings. The third-order valence-electron chi connectivity index (χ3n) is 5.28. The normalized spacial score (nSPS) is 10.6. The summed E-state index contributed by atoms with van der Waals surface area (Å²) in [5, 5.41) is 4.51. The summed E-state index contributed by atoms with van der Waals surface area (Å²) in [5.74, 6) is 0.568. The number of nitrogens with one attached hydrogen (secondary N) is 1. The fraction of sp³-hybridized carbons (Fsp3) is 0.480. The standard InChI is InChI=1S/C25H35N3O6S/c1-6-34-24(30)15-26-25(31)28(18(2)3)17-23(29)27(16-20-8-7-13-35-20)12-11-19-9-10-21(32-4)22(14-19)33-5/h7-10,13-14,18H,6,11-12,15-17H2,1-5H3,(H,26,31). The van der Waals surface area contributed by atoms with Gasteiger partial charge in [0.15, 0.2) is 11.5 Å². The van der Waals surface area contributed by atoms with Crippen LogP contribution in [0.2, 0.25) is 0 Å². The van der Waals surface area contributed by atoms with Gasteiger partial charge in [-0.3, -0.25) is 9.59 Å². The van der Waals surface area contributed by atoms with Crippen molar-refractivity contribution in [3.63, 3.8) is 0 Å². The molecule has 192 valence electrons. The zero-order valence-electron chi connectivity index (χ0n) is 21.0. The highest BCUT2D eigenvalue weighted by Crippen LogP contribution is 2.28. The van der Waals surface area contributed by atoms with Crippen LogP contribution in [0, 0.1) is 0 Å². The summed E-state index contributed by atoms with van der Waals surface area (Å²) >= 11 is 1.57. The molecule has 9 nitrogen and oxygen atoms in total. The molecule has 2 rings (SSSR count). The van der Waals surface area contributed by atoms with E-state index in [4.69, 9.17) is 14.2 Å². The minimum Gasteiger partial charge on any atom is -0.493 e. The zero-order chi connectivity index (χ0) is 25.8. The molecule has 0 radical (unpaired) electrons. The SMILES string of the molecule is CCOC(=O)CNC(=O)N(CC(=O)N(CCc1ccc(OC)c(OC)c1)Cc1cccs1)C(C)C. The first kappa shape index (κ1) is 28.0. The Hall–Kier alpha value is -3.27. The fourth-order valence-corrected chi connectivity index (χ4v) is 4.10. The van der Waals surface area contributed by atoms with Crippen molar-refractivity contribution >= 4 is 29.2 Å². The predicted octanol–water partition coefficient (Wildman–Crippen LogP) is 3.32. The van der Waals surface area contributed by atoms with E-state index in [0.717, 1.165) is 10.4 Å². The van der Waals surface area contributed by atoms with E-state index in [1.807, 2.05) is 49.6 Å². The lowest BCUT2D eigenvalue weighted by molar-refractivity contribution is -0.141. The molecular formula is C25H35N3O6S. The molecule has 35 heavy (non-hydrogen) atoms. The van der Waals surface area contributed by atoms with Gasteiger partial charge >= 0.3 is 12.0 Å². The van der Waals surface area contributed by atoms with Gasteiger partial charge in [-0.25, -0.2) is 4.79 Å². The molecule has 0 saturated heterocycles. The van der Waals surface area contributed by atoms with Crippen molar-refractivity contribution < 1.29 is 28.6 Å². The highest BCUT2D eigenvalue weighted by Gasteiger charge is 2.24. The highest BCUT2D eigenvalue weighted by molar-refractivity contribution is 7.09. The van der Waals surface area contributed by atoms with Crippen LogP contribution in [0.4, 0.5) is 4.79 Å². The smallest absolute Gasteiger partial charge is 0.325 e. The second-order valence-electron chi connectivity index (χ2n) is 8.02. The summed E-state index contributed by atoms with van der Waals surface area (Å²) < 4.78 is 15.5. The third-order valence-corrected chi connectivity index (χ3v) is 6.14. The molecule has 0 unspecified atom stereocenters. The highest BCUT2D eigenvalue weighted by atomic mass is 32.1. The second kappa shape index (κ2) is 14.2. The van der Waals surface area contributed by atoms with Crippen molar-refractivity contribution in [2.24, 2.45) is 0 Å². The first-order chi connectivity index (χ1) is 16.8. The van der Waals surface area contributed by atoms with Gasteiger partial charge in [-0.1, -0.05) is 12.1 Å². The lowest BCUT2D eigenvalue weighted by Gasteiger charge is -2.30. The molecule has 0 aliphatic carbocycles. The number of carbonyl (C=O) groups excluding carboxylic acids is 3. The Kier molecular flexibility index (Phi) is 11.4. The van der Waals surface area contributed by atoms with Crippen LogP contribution < -0.4 is 14.8 Å². The van der Waals surface area contributed by atoms with E-state index < -0.39 is 12.0 Å². The molecule has 1 aromatic heterocycles. The lowest BCUT2D eigenvalue weighted by atomic mass is 10.1. The van der Waals surface area contributed by atoms with Crippen LogP contribution in [0.15, 0.2) is 35.7 Å². The molecule has 1 N–H and O–H groups in total. The number of carbonyl (C=O) groups is 3. The average molecular weight is 506 g/mol. The summed E-state index contributed by atoms with van der Waals surface area (Å²) in [4.78, 5) is 41.9. The van der Waals surface area contributed by atoms with Crippen molar-refractivity contribution in [2.75, 3.05) is 40.5 Å². The first-order valence-electron chi connectivity index (χ1n) is 11.5. The Bertz CT molecular complexity index is 964. The molecule has 0 aliphatic heterocycles. The Labute approximate surface area is 210 Å². The van der Waals surface area contributed by atoms with Gasteiger partial charge in [-0.05, 0) is 56.3 Å². The van der Waals surface area contributed by atoms with Gasteiger partial charge in [-0.2, -0.15) is 0 Å². The van der Waals surface area contributed by atoms with E-state index in [1.54, 1.807) is 37.4 Å². The topological polar surface area (TPSA) is 97.4 Å². The number of ether oxygens (including phenoxy) is 3. The molecule has 0 fully saturated rings. The number of amides is 3. The molecule has 0 spiro atoms. The van der Waals surface area contributed by atoms with E-state index in [0.29, 0.717) is 31.0 Å². The van der Waals surface area contributed by atoms with Crippen molar-refractivity contribution in [1.82, 2.24) is 15.1 Å². The van der Waals surface area contributed by atoms with Gasteiger partial charge in [-0.15, -0.1) is 11.3 Å². The molecule has 0 saturated carbocycles. The summed E-state index contributed by atoms with van der Waals surface area (Å²) in [5.41, 5.74) is 1.000. The van der Waals surface area contributed by atoms with Crippen molar-refractivity contribution in [3.05, 3.63) is 46.2 Å². The van der Waals surface area contributed by atoms with Gasteiger partial charge in [0.1, 0.15) is 13.1 Å². The Balaban J connectivity index is 2.11. The number of nitrogens with zero attached hydrogens (tertiary/aromatic N) is 2. The maximum atomic E-state index is 13.3. The van der Waals surface area contributed by atoms with Crippen LogP contribution in [-0.2, 0) is 27.3 Å². The van der Waals surface area contributed by atoms with Gasteiger partial charge in [0.2, 0.25) is 5.91 Å². The van der Waals surface area contributed by atoms with E-state index in [-0.39, 0.29) is 31.6 Å². The monoisotopic (exact) mass is 505 g/mol. The number of esters is 1. The predicted molar refractivity (Wildman–Crippen MR) is 135 cm³/mol. The number of hydrogen-bond donors (Lipinski definition) is 1. The number of hydrogen-bond acceptors (Lipinski definition) is 7. The van der Waals surface area contributed by atoms with Crippen LogP contribution in [0.1, 0.15) is 31.2 Å². The van der Waals surface area contributed by atoms with Crippen LogP contribution in [0.25, 0.3) is 0 Å². The molecule has 0 bridgehead atoms. The molecule has 0 atom stereocenters. The molecule has 1 heterocycles. The molecule has 2 aromatic rings. The minimum atomic E-state index is -0.523. The molecular weight excluding hydrogens is 470 g/mol. The fourth-order valence-electron chi connectivity index (χ4n) is 3.38. The first-order valence-corrected chi connectivity index (χ1v) is 12.4. The largest absolute Gasteiger partial charge is 0.493 e. The van der Waals surface area contributed by atoms with E-state index >= 15 is 0 Å². The maximum Gasteiger partial charge on any atom is 0.325 e. The minimum absolute atomic E-state index is 0.108. The Morgan fingerprint density at radius 3 is 2.43 bits per heavy atom. The van der Waals surface area contributed by atoms with Gasteiger partial charge < -0.3 is 29.3 Å². The van der Waals surface area contributed by atoms with Crippen LogP contribution in [0.3, 0.4) is 0 Å². The van der Waals surface area contributed by atoms with Crippen LogP contribution >= 0.6 is 11.3 Å². The van der Waals surface area contributed by atoms with Gasteiger partial charge in [0.25, 0.3) is 0 Å². The number of thiophene rings is 1. The van der Waals surface area contributed by atoms with Crippen LogP contribution in [-0.4, -0.2) is 74.2 Å². The molecule has 1 aromatic carbocycles. The number of benzene rings is 1. The summed E-state index contributed by atoms with van der Waals surface area (Å²) in [6.45, 7) is 6.13. The zero-order valence-corrected chi connectivity index (χ0v) is 21.9. The van der Waals surface area contributed by atoms with Crippen LogP contribution in [0.5, 0.6) is 11.5 Å². The summed E-state index contributed by atoms with van der Waals surface area (Å²) in [6, 6.07) is 8.88. The van der Waals surface area contributed by atoms with Gasteiger partial charge in [0, 0.05) is 17.5 Å². The Morgan fingerprint density at radius 2 is 1.83 bits per heavy atom. The van der Waals surface area contributed by atoms with Crippen molar-refractivity contribution in [3.8, 4) is 11.5 Å². The number of methoxy groups -OCH3 is 2. The van der Waals surface area contributed by atoms with E-state index in [2.05, 4.69) is 5.32 Å². The quantitative estimate of drug-likeness (QED) is 0.420. The maximum absolute atomic E-state index is 13.3. The van der Waals surface area contributed by atoms with Gasteiger partial charge in [0.05, 0.1) is 27.4 Å². The van der Waals surface area contributed by atoms with E-state index in [9.17, 15) is 14.4 Å². The summed E-state index contributed by atoms with van der Waals surface area (Å²) in [6.07, 6.45) is 0.605. The molecule has 10 heteroatoms. The summed E-state index contributed by atoms with van der Waals surface area (Å²) in [7, 11) is 3.17. The van der Waals surface area contributed by atoms with Crippen molar-refractivity contribution in [1.29, 1.82) is 0 Å². The number of rotatable bonds is 13. The number of urea groups is 1. The lowest BCUT2D eigenvalue weighted by Crippen LogP contribution is -2.50. The van der Waals surface area contributed by atoms with Crippen molar-refractivity contribution in [2.45, 2.75) is 39.8 Å². The third kappa shape index (κ3) is 8.79. The Morgan fingerprint density at radius 1 is 1.09 bits per heavy atom. The average Bonchev–Trinajstić information content (AvgIpc) is 3.36. The van der Waals surface area contributed by atoms with E-state index in [1.165, 1.54) is 4.90 Å².